The molecule has 0 radical (unpaired) electrons. The summed E-state index contributed by atoms with van der Waals surface area (Å²) >= 11 is 0. The predicted octanol–water partition coefficient (Wildman–Crippen LogP) is 1.77. The number of carbonyl (C=O) groups excluding carboxylic acids is 2. The van der Waals surface area contributed by atoms with Gasteiger partial charge in [0.15, 0.2) is 9.84 Å². The number of sulfone groups is 1. The van der Waals surface area contributed by atoms with Crippen molar-refractivity contribution >= 4 is 21.9 Å². The van der Waals surface area contributed by atoms with Gasteiger partial charge in [-0.2, -0.15) is 0 Å². The number of carbonyl (C=O) groups is 2. The smallest absolute Gasteiger partial charge is 0.155 e. The molecule has 0 aromatic carbocycles. The minimum atomic E-state index is -3.26. The van der Waals surface area contributed by atoms with Crippen LogP contribution in [0.1, 0.15) is 47.0 Å². The second kappa shape index (κ2) is 6.28. The van der Waals surface area contributed by atoms with E-state index >= 15 is 0 Å². The van der Waals surface area contributed by atoms with Crippen molar-refractivity contribution < 1.29 is 18.0 Å². The maximum Gasteiger partial charge on any atom is 0.155 e. The van der Waals surface area contributed by atoms with Crippen LogP contribution in [-0.2, 0) is 19.4 Å². The van der Waals surface area contributed by atoms with Gasteiger partial charge in [-0.1, -0.05) is 6.92 Å². The zero-order valence-electron chi connectivity index (χ0n) is 11.0. The molecule has 0 aromatic heterocycles. The standard InChI is InChI=1S/C12H22O4S/c1-10(11(14)7-5-6-8-13)9-17(15,16)12(2,3)4/h8,10H,5-7,9H2,1-4H3. The quantitative estimate of drug-likeness (QED) is 0.518. The third kappa shape index (κ3) is 5.44. The van der Waals surface area contributed by atoms with Crippen LogP contribution in [0, 0.1) is 5.92 Å². The predicted molar refractivity (Wildman–Crippen MR) is 67.6 cm³/mol. The van der Waals surface area contributed by atoms with Crippen LogP contribution < -0.4 is 0 Å². The fourth-order valence-corrected chi connectivity index (χ4v) is 2.62. The molecule has 100 valence electrons. The lowest BCUT2D eigenvalue weighted by Gasteiger charge is -2.21. The lowest BCUT2D eigenvalue weighted by atomic mass is 10.0. The van der Waals surface area contributed by atoms with E-state index in [2.05, 4.69) is 0 Å². The number of hydrogen-bond donors (Lipinski definition) is 0. The molecule has 0 aliphatic rings. The number of Topliss-reactive ketones (excluding diaryl/α,β-unsaturated/α-hetero) is 1. The van der Waals surface area contributed by atoms with Crippen molar-refractivity contribution in [2.45, 2.75) is 51.7 Å². The van der Waals surface area contributed by atoms with Gasteiger partial charge in [0.1, 0.15) is 12.1 Å². The van der Waals surface area contributed by atoms with Gasteiger partial charge in [0.2, 0.25) is 0 Å². The van der Waals surface area contributed by atoms with Gasteiger partial charge in [-0.25, -0.2) is 8.42 Å². The number of ketones is 1. The summed E-state index contributed by atoms with van der Waals surface area (Å²) in [6.45, 7) is 6.52. The molecule has 1 unspecified atom stereocenters. The van der Waals surface area contributed by atoms with Gasteiger partial charge in [0.25, 0.3) is 0 Å². The molecule has 0 heterocycles. The maximum absolute atomic E-state index is 11.9. The number of rotatable bonds is 7. The summed E-state index contributed by atoms with van der Waals surface area (Å²) < 4.78 is 22.9. The molecule has 5 heteroatoms. The second-order valence-electron chi connectivity index (χ2n) is 5.32. The third-order valence-electron chi connectivity index (χ3n) is 2.70. The highest BCUT2D eigenvalue weighted by Gasteiger charge is 2.32. The molecule has 0 spiro atoms. The average Bonchev–Trinajstić information content (AvgIpc) is 2.15. The summed E-state index contributed by atoms with van der Waals surface area (Å²) in [6.07, 6.45) is 1.90. The van der Waals surface area contributed by atoms with Crippen molar-refractivity contribution in [2.24, 2.45) is 5.92 Å². The summed E-state index contributed by atoms with van der Waals surface area (Å²) in [6, 6.07) is 0. The minimum Gasteiger partial charge on any atom is -0.303 e. The Morgan fingerprint density at radius 3 is 2.24 bits per heavy atom. The molecule has 0 N–H and O–H groups in total. The van der Waals surface area contributed by atoms with Crippen LogP contribution in [0.25, 0.3) is 0 Å². The molecule has 1 atom stereocenters. The van der Waals surface area contributed by atoms with E-state index in [0.717, 1.165) is 6.29 Å². The first kappa shape index (κ1) is 16.3. The van der Waals surface area contributed by atoms with E-state index in [1.165, 1.54) is 0 Å². The lowest BCUT2D eigenvalue weighted by Crippen LogP contribution is -2.34. The van der Waals surface area contributed by atoms with Gasteiger partial charge >= 0.3 is 0 Å². The minimum absolute atomic E-state index is 0.0836. The highest BCUT2D eigenvalue weighted by molar-refractivity contribution is 7.92. The fraction of sp³-hybridized carbons (Fsp3) is 0.833. The number of hydrogen-bond acceptors (Lipinski definition) is 4. The Labute approximate surface area is 104 Å². The van der Waals surface area contributed by atoms with E-state index in [9.17, 15) is 18.0 Å². The molecule has 0 saturated heterocycles. The molecular weight excluding hydrogens is 240 g/mol. The maximum atomic E-state index is 11.9. The molecule has 4 nitrogen and oxygen atoms in total. The van der Waals surface area contributed by atoms with Crippen molar-refractivity contribution in [1.82, 2.24) is 0 Å². The Balaban J connectivity index is 4.40. The van der Waals surface area contributed by atoms with Gasteiger partial charge in [-0.05, 0) is 27.2 Å². The molecule has 0 aromatic rings. The summed E-state index contributed by atoms with van der Waals surface area (Å²) in [7, 11) is -3.26. The molecule has 0 rings (SSSR count). The zero-order chi connectivity index (χ0) is 13.7. The average molecular weight is 262 g/mol. The van der Waals surface area contributed by atoms with Crippen molar-refractivity contribution in [2.75, 3.05) is 5.75 Å². The van der Waals surface area contributed by atoms with E-state index in [0.29, 0.717) is 12.8 Å². The van der Waals surface area contributed by atoms with E-state index in [-0.39, 0.29) is 18.0 Å². The highest BCUT2D eigenvalue weighted by Crippen LogP contribution is 2.19. The Bertz CT molecular complexity index is 362. The second-order valence-corrected chi connectivity index (χ2v) is 8.11. The summed E-state index contributed by atoms with van der Waals surface area (Å²) in [5.74, 6) is -0.693. The van der Waals surface area contributed by atoms with Crippen LogP contribution in [-0.4, -0.2) is 31.0 Å². The van der Waals surface area contributed by atoms with E-state index in [1.807, 2.05) is 0 Å². The Hall–Kier alpha value is -0.710. The largest absolute Gasteiger partial charge is 0.303 e. The molecule has 0 bridgehead atoms. The molecule has 0 fully saturated rings. The van der Waals surface area contributed by atoms with Crippen molar-refractivity contribution in [3.05, 3.63) is 0 Å². The van der Waals surface area contributed by atoms with Gasteiger partial charge in [-0.15, -0.1) is 0 Å². The molecule has 0 aliphatic heterocycles. The Morgan fingerprint density at radius 2 is 1.82 bits per heavy atom. The third-order valence-corrected chi connectivity index (χ3v) is 5.50. The van der Waals surface area contributed by atoms with Crippen LogP contribution in [0.3, 0.4) is 0 Å². The van der Waals surface area contributed by atoms with Gasteiger partial charge < -0.3 is 4.79 Å². The Kier molecular flexibility index (Phi) is 6.02. The lowest BCUT2D eigenvalue weighted by molar-refractivity contribution is -0.121. The first-order chi connectivity index (χ1) is 7.62. The zero-order valence-corrected chi connectivity index (χ0v) is 11.8. The van der Waals surface area contributed by atoms with Crippen molar-refractivity contribution in [3.8, 4) is 0 Å². The summed E-state index contributed by atoms with van der Waals surface area (Å²) in [4.78, 5) is 21.8. The number of aldehydes is 1. The summed E-state index contributed by atoms with van der Waals surface area (Å²) in [5.41, 5.74) is 0. The van der Waals surface area contributed by atoms with Crippen LogP contribution in [0.15, 0.2) is 0 Å². The van der Waals surface area contributed by atoms with E-state index in [4.69, 9.17) is 0 Å². The van der Waals surface area contributed by atoms with Crippen LogP contribution >= 0.6 is 0 Å². The topological polar surface area (TPSA) is 68.3 Å². The summed E-state index contributed by atoms with van der Waals surface area (Å²) in [5, 5.41) is 0. The molecular formula is C12H22O4S. The van der Waals surface area contributed by atoms with E-state index < -0.39 is 20.5 Å². The SMILES string of the molecule is CC(CS(=O)(=O)C(C)(C)C)C(=O)CCCC=O. The molecule has 0 aliphatic carbocycles. The van der Waals surface area contributed by atoms with Gasteiger partial charge in [-0.3, -0.25) is 4.79 Å². The van der Waals surface area contributed by atoms with Gasteiger partial charge in [0.05, 0.1) is 10.5 Å². The highest BCUT2D eigenvalue weighted by atomic mass is 32.2. The van der Waals surface area contributed by atoms with Crippen LogP contribution in [0.4, 0.5) is 0 Å². The number of unbranched alkanes of at least 4 members (excludes halogenated alkanes) is 1. The van der Waals surface area contributed by atoms with Crippen LogP contribution in [0.2, 0.25) is 0 Å². The normalized spacial score (nSPS) is 14.4. The first-order valence-corrected chi connectivity index (χ1v) is 7.45. The molecule has 0 saturated carbocycles. The van der Waals surface area contributed by atoms with Crippen molar-refractivity contribution in [3.63, 3.8) is 0 Å². The van der Waals surface area contributed by atoms with Crippen LogP contribution in [0.5, 0.6) is 0 Å². The Morgan fingerprint density at radius 1 is 1.29 bits per heavy atom. The van der Waals surface area contributed by atoms with E-state index in [1.54, 1.807) is 27.7 Å². The monoisotopic (exact) mass is 262 g/mol. The molecule has 0 amide bonds. The van der Waals surface area contributed by atoms with Gasteiger partial charge in [0, 0.05) is 18.8 Å². The first-order valence-electron chi connectivity index (χ1n) is 5.80. The fourth-order valence-electron chi connectivity index (χ4n) is 1.28. The molecule has 17 heavy (non-hydrogen) atoms. The van der Waals surface area contributed by atoms with Crippen molar-refractivity contribution in [1.29, 1.82) is 0 Å².